The smallest absolute Gasteiger partial charge is 0.224 e. The molecule has 1 aromatic carbocycles. The Balaban J connectivity index is 1.59. The maximum Gasteiger partial charge on any atom is 0.224 e. The van der Waals surface area contributed by atoms with Crippen molar-refractivity contribution in [1.82, 2.24) is 19.7 Å². The number of piperazine rings is 1. The van der Waals surface area contributed by atoms with Gasteiger partial charge >= 0.3 is 0 Å². The molecule has 7 nitrogen and oxygen atoms in total. The van der Waals surface area contributed by atoms with Crippen molar-refractivity contribution < 1.29 is 9.53 Å². The van der Waals surface area contributed by atoms with Crippen LogP contribution in [0.5, 0.6) is 5.75 Å². The molecule has 0 N–H and O–H groups in total. The zero-order valence-electron chi connectivity index (χ0n) is 14.1. The number of rotatable bonds is 5. The minimum absolute atomic E-state index is 0.164. The molecule has 1 amide bonds. The molecule has 0 saturated carbocycles. The number of nitrogens with zero attached hydrogens (tertiary/aromatic N) is 5. The topological polar surface area (TPSA) is 63.5 Å². The summed E-state index contributed by atoms with van der Waals surface area (Å²) < 4.78 is 7.28. The Morgan fingerprint density at radius 1 is 1.25 bits per heavy atom. The molecule has 1 saturated heterocycles. The molecule has 1 aliphatic rings. The Kier molecular flexibility index (Phi) is 4.98. The van der Waals surface area contributed by atoms with E-state index < -0.39 is 0 Å². The van der Waals surface area contributed by atoms with Gasteiger partial charge in [-0.3, -0.25) is 4.79 Å². The summed E-state index contributed by atoms with van der Waals surface area (Å²) in [6, 6.07) is 8.18. The lowest BCUT2D eigenvalue weighted by Crippen LogP contribution is -2.54. The zero-order valence-corrected chi connectivity index (χ0v) is 14.1. The SMILES string of the molecule is COc1ccccc1N1CCN(C(=O)CCn2cnnc2)C(C)C1. The predicted octanol–water partition coefficient (Wildman–Crippen LogP) is 1.41. The van der Waals surface area contributed by atoms with Crippen LogP contribution in [0.3, 0.4) is 0 Å². The van der Waals surface area contributed by atoms with Gasteiger partial charge in [0.15, 0.2) is 0 Å². The van der Waals surface area contributed by atoms with E-state index in [9.17, 15) is 4.79 Å². The van der Waals surface area contributed by atoms with Crippen LogP contribution < -0.4 is 9.64 Å². The normalized spacial score (nSPS) is 17.8. The average Bonchev–Trinajstić information content (AvgIpc) is 3.13. The second-order valence-electron chi connectivity index (χ2n) is 6.00. The van der Waals surface area contributed by atoms with Crippen LogP contribution in [0.1, 0.15) is 13.3 Å². The number of ether oxygens (including phenoxy) is 1. The van der Waals surface area contributed by atoms with Crippen LogP contribution in [0.2, 0.25) is 0 Å². The van der Waals surface area contributed by atoms with E-state index in [-0.39, 0.29) is 11.9 Å². The Morgan fingerprint density at radius 3 is 2.71 bits per heavy atom. The molecule has 128 valence electrons. The molecule has 0 spiro atoms. The number of methoxy groups -OCH3 is 1. The van der Waals surface area contributed by atoms with Crippen molar-refractivity contribution in [2.75, 3.05) is 31.6 Å². The number of amides is 1. The molecule has 24 heavy (non-hydrogen) atoms. The van der Waals surface area contributed by atoms with Crippen molar-refractivity contribution in [3.63, 3.8) is 0 Å². The maximum absolute atomic E-state index is 12.5. The van der Waals surface area contributed by atoms with Gasteiger partial charge in [-0.25, -0.2) is 0 Å². The van der Waals surface area contributed by atoms with Crippen LogP contribution >= 0.6 is 0 Å². The third kappa shape index (κ3) is 3.50. The minimum atomic E-state index is 0.164. The van der Waals surface area contributed by atoms with E-state index >= 15 is 0 Å². The third-order valence-corrected chi connectivity index (χ3v) is 4.42. The summed E-state index contributed by atoms with van der Waals surface area (Å²) in [7, 11) is 1.69. The molecule has 0 aliphatic carbocycles. The lowest BCUT2D eigenvalue weighted by atomic mass is 10.1. The fourth-order valence-corrected chi connectivity index (χ4v) is 3.14. The highest BCUT2D eigenvalue weighted by Gasteiger charge is 2.28. The Morgan fingerprint density at radius 2 is 2.00 bits per heavy atom. The van der Waals surface area contributed by atoms with Gasteiger partial charge in [0.1, 0.15) is 18.4 Å². The number of carbonyl (C=O) groups excluding carboxylic acids is 1. The van der Waals surface area contributed by atoms with Gasteiger partial charge in [-0.1, -0.05) is 12.1 Å². The van der Waals surface area contributed by atoms with Crippen LogP contribution in [-0.4, -0.2) is 58.4 Å². The molecular formula is C17H23N5O2. The fraction of sp³-hybridized carbons (Fsp3) is 0.471. The first-order valence-electron chi connectivity index (χ1n) is 8.19. The molecule has 2 heterocycles. The van der Waals surface area contributed by atoms with Crippen LogP contribution in [0.25, 0.3) is 0 Å². The van der Waals surface area contributed by atoms with Crippen LogP contribution in [0.15, 0.2) is 36.9 Å². The molecule has 1 atom stereocenters. The first-order valence-corrected chi connectivity index (χ1v) is 8.19. The predicted molar refractivity (Wildman–Crippen MR) is 91.0 cm³/mol. The number of carbonyl (C=O) groups is 1. The highest BCUT2D eigenvalue weighted by Crippen LogP contribution is 2.29. The molecule has 1 aliphatic heterocycles. The number of anilines is 1. The highest BCUT2D eigenvalue weighted by molar-refractivity contribution is 5.77. The summed E-state index contributed by atoms with van der Waals surface area (Å²) in [4.78, 5) is 16.8. The summed E-state index contributed by atoms with van der Waals surface area (Å²) >= 11 is 0. The van der Waals surface area contributed by atoms with Crippen molar-refractivity contribution in [3.8, 4) is 5.75 Å². The maximum atomic E-state index is 12.5. The van der Waals surface area contributed by atoms with Gasteiger partial charge in [-0.15, -0.1) is 10.2 Å². The van der Waals surface area contributed by atoms with Crippen LogP contribution in [0.4, 0.5) is 5.69 Å². The van der Waals surface area contributed by atoms with E-state index in [2.05, 4.69) is 28.1 Å². The van der Waals surface area contributed by atoms with E-state index in [4.69, 9.17) is 4.74 Å². The molecule has 1 aromatic heterocycles. The lowest BCUT2D eigenvalue weighted by Gasteiger charge is -2.41. The number of aromatic nitrogens is 3. The fourth-order valence-electron chi connectivity index (χ4n) is 3.14. The molecule has 0 bridgehead atoms. The second kappa shape index (κ2) is 7.33. The summed E-state index contributed by atoms with van der Waals surface area (Å²) in [5.41, 5.74) is 1.09. The summed E-state index contributed by atoms with van der Waals surface area (Å²) in [5.74, 6) is 1.05. The van der Waals surface area contributed by atoms with Gasteiger partial charge in [0, 0.05) is 38.6 Å². The largest absolute Gasteiger partial charge is 0.495 e. The van der Waals surface area contributed by atoms with Crippen molar-refractivity contribution in [3.05, 3.63) is 36.9 Å². The van der Waals surface area contributed by atoms with Crippen molar-refractivity contribution in [2.45, 2.75) is 25.9 Å². The number of hydrogen-bond donors (Lipinski definition) is 0. The van der Waals surface area contributed by atoms with Gasteiger partial charge in [0.25, 0.3) is 0 Å². The molecule has 3 rings (SSSR count). The van der Waals surface area contributed by atoms with Gasteiger partial charge < -0.3 is 19.1 Å². The lowest BCUT2D eigenvalue weighted by molar-refractivity contribution is -0.133. The van der Waals surface area contributed by atoms with Crippen molar-refractivity contribution in [2.24, 2.45) is 0 Å². The standard InChI is InChI=1S/C17H23N5O2/c1-14-11-21(15-5-3-4-6-16(15)24-2)9-10-22(14)17(23)7-8-20-12-18-19-13-20/h3-6,12-14H,7-11H2,1-2H3. The van der Waals surface area contributed by atoms with E-state index in [0.29, 0.717) is 13.0 Å². The Hall–Kier alpha value is -2.57. The molecule has 1 unspecified atom stereocenters. The van der Waals surface area contributed by atoms with E-state index in [1.165, 1.54) is 0 Å². The van der Waals surface area contributed by atoms with Gasteiger partial charge in [-0.05, 0) is 19.1 Å². The minimum Gasteiger partial charge on any atom is -0.495 e. The Bertz CT molecular complexity index is 673. The van der Waals surface area contributed by atoms with Crippen LogP contribution in [0, 0.1) is 0 Å². The first-order chi connectivity index (χ1) is 11.7. The summed E-state index contributed by atoms with van der Waals surface area (Å²) in [5, 5.41) is 7.51. The molecule has 2 aromatic rings. The number of para-hydroxylation sites is 2. The molecule has 1 fully saturated rings. The quantitative estimate of drug-likeness (QED) is 0.830. The summed E-state index contributed by atoms with van der Waals surface area (Å²) in [6.07, 6.45) is 3.74. The third-order valence-electron chi connectivity index (χ3n) is 4.42. The number of benzene rings is 1. The number of hydrogen-bond acceptors (Lipinski definition) is 5. The van der Waals surface area contributed by atoms with E-state index in [1.54, 1.807) is 19.8 Å². The summed E-state index contributed by atoms with van der Waals surface area (Å²) in [6.45, 7) is 5.05. The molecule has 0 radical (unpaired) electrons. The van der Waals surface area contributed by atoms with Gasteiger partial charge in [0.2, 0.25) is 5.91 Å². The number of aryl methyl sites for hydroxylation is 1. The van der Waals surface area contributed by atoms with Crippen molar-refractivity contribution >= 4 is 11.6 Å². The Labute approximate surface area is 141 Å². The highest BCUT2D eigenvalue weighted by atomic mass is 16.5. The van der Waals surface area contributed by atoms with E-state index in [0.717, 1.165) is 31.1 Å². The van der Waals surface area contributed by atoms with E-state index in [1.807, 2.05) is 27.7 Å². The van der Waals surface area contributed by atoms with Crippen molar-refractivity contribution in [1.29, 1.82) is 0 Å². The average molecular weight is 329 g/mol. The first kappa shape index (κ1) is 16.3. The van der Waals surface area contributed by atoms with Crippen LogP contribution in [-0.2, 0) is 11.3 Å². The van der Waals surface area contributed by atoms with Gasteiger partial charge in [0.05, 0.1) is 12.8 Å². The monoisotopic (exact) mass is 329 g/mol. The molecule has 7 heteroatoms. The molecular weight excluding hydrogens is 306 g/mol. The van der Waals surface area contributed by atoms with Gasteiger partial charge in [-0.2, -0.15) is 0 Å². The zero-order chi connectivity index (χ0) is 16.9. The second-order valence-corrected chi connectivity index (χ2v) is 6.00.